The fraction of sp³-hybridized carbons (Fsp3) is 0.222. The van der Waals surface area contributed by atoms with Crippen molar-refractivity contribution in [3.8, 4) is 17.1 Å². The lowest BCUT2D eigenvalue weighted by Crippen LogP contribution is -1.99. The van der Waals surface area contributed by atoms with Gasteiger partial charge in [-0.15, -0.1) is 10.2 Å². The van der Waals surface area contributed by atoms with Crippen LogP contribution in [0.3, 0.4) is 0 Å². The normalized spacial score (nSPS) is 10.8. The molecule has 0 aliphatic rings. The smallest absolute Gasteiger partial charge is 0.196 e. The summed E-state index contributed by atoms with van der Waals surface area (Å²) in [6.07, 6.45) is 1.02. The molecule has 0 saturated carbocycles. The van der Waals surface area contributed by atoms with Crippen LogP contribution < -0.4 is 0 Å². The third kappa shape index (κ3) is 2.92. The van der Waals surface area contributed by atoms with Crippen LogP contribution in [0.2, 0.25) is 0 Å². The summed E-state index contributed by atoms with van der Waals surface area (Å²) in [4.78, 5) is 0. The molecule has 0 fully saturated rings. The summed E-state index contributed by atoms with van der Waals surface area (Å²) in [7, 11) is 0. The summed E-state index contributed by atoms with van der Waals surface area (Å²) in [5.41, 5.74) is 3.52. The molecule has 1 aromatic heterocycles. The summed E-state index contributed by atoms with van der Waals surface area (Å²) in [6.45, 7) is 4.30. The van der Waals surface area contributed by atoms with Gasteiger partial charge in [-0.25, -0.2) is 0 Å². The van der Waals surface area contributed by atoms with E-state index in [1.807, 2.05) is 18.2 Å². The molecule has 0 aliphatic carbocycles. The summed E-state index contributed by atoms with van der Waals surface area (Å²) in [6, 6.07) is 18.8. The van der Waals surface area contributed by atoms with Crippen LogP contribution in [0.5, 0.6) is 0 Å². The Morgan fingerprint density at radius 2 is 1.77 bits per heavy atom. The molecule has 0 spiro atoms. The summed E-state index contributed by atoms with van der Waals surface area (Å²) >= 11 is 1.71. The Morgan fingerprint density at radius 1 is 0.955 bits per heavy atom. The Kier molecular flexibility index (Phi) is 4.59. The number of thioether (sulfide) groups is 1. The molecule has 0 unspecified atom stereocenters. The maximum atomic E-state index is 4.45. The summed E-state index contributed by atoms with van der Waals surface area (Å²) in [5, 5.41) is 9.77. The fourth-order valence-corrected chi connectivity index (χ4v) is 3.10. The second-order valence-electron chi connectivity index (χ2n) is 4.96. The van der Waals surface area contributed by atoms with E-state index < -0.39 is 0 Å². The number of hydrogen-bond donors (Lipinski definition) is 0. The molecule has 0 bridgehead atoms. The molecule has 0 N–H and O–H groups in total. The lowest BCUT2D eigenvalue weighted by atomic mass is 10.1. The third-order valence-electron chi connectivity index (χ3n) is 3.51. The quantitative estimate of drug-likeness (QED) is 0.645. The molecule has 0 saturated heterocycles. The van der Waals surface area contributed by atoms with Gasteiger partial charge in [0.05, 0.1) is 0 Å². The van der Waals surface area contributed by atoms with Gasteiger partial charge in [-0.1, -0.05) is 62.0 Å². The van der Waals surface area contributed by atoms with E-state index in [1.54, 1.807) is 11.8 Å². The minimum absolute atomic E-state index is 0.900. The van der Waals surface area contributed by atoms with Crippen molar-refractivity contribution in [1.29, 1.82) is 0 Å². The Bertz CT molecular complexity index is 750. The first-order chi connectivity index (χ1) is 10.8. The molecule has 0 amide bonds. The van der Waals surface area contributed by atoms with Gasteiger partial charge in [-0.05, 0) is 35.9 Å². The minimum Gasteiger partial charge on any atom is -0.270 e. The molecule has 112 valence electrons. The molecule has 22 heavy (non-hydrogen) atoms. The molecule has 0 aliphatic heterocycles. The highest BCUT2D eigenvalue weighted by atomic mass is 32.2. The zero-order chi connectivity index (χ0) is 15.4. The van der Waals surface area contributed by atoms with Gasteiger partial charge >= 0.3 is 0 Å². The van der Waals surface area contributed by atoms with Gasteiger partial charge in [0.2, 0.25) is 0 Å². The lowest BCUT2D eigenvalue weighted by Gasteiger charge is -2.10. The van der Waals surface area contributed by atoms with E-state index in [-0.39, 0.29) is 0 Å². The highest BCUT2D eigenvalue weighted by Crippen LogP contribution is 2.28. The predicted molar refractivity (Wildman–Crippen MR) is 92.6 cm³/mol. The maximum absolute atomic E-state index is 4.45. The standard InChI is InChI=1S/C18H19N3S/c1-3-14-9-8-10-15(13-14)17-19-20-18(22-4-2)21(17)16-11-6-5-7-12-16/h5-13H,3-4H2,1-2H3. The maximum Gasteiger partial charge on any atom is 0.196 e. The average molecular weight is 309 g/mol. The van der Waals surface area contributed by atoms with Crippen LogP contribution in [0.25, 0.3) is 17.1 Å². The van der Waals surface area contributed by atoms with E-state index >= 15 is 0 Å². The van der Waals surface area contributed by atoms with Crippen LogP contribution in [-0.4, -0.2) is 20.5 Å². The molecule has 1 heterocycles. The number of aryl methyl sites for hydroxylation is 1. The average Bonchev–Trinajstić information content (AvgIpc) is 3.00. The van der Waals surface area contributed by atoms with Gasteiger partial charge in [0.15, 0.2) is 11.0 Å². The summed E-state index contributed by atoms with van der Waals surface area (Å²) in [5.74, 6) is 1.87. The second kappa shape index (κ2) is 6.79. The van der Waals surface area contributed by atoms with Gasteiger partial charge in [-0.2, -0.15) is 0 Å². The molecule has 4 heteroatoms. The Morgan fingerprint density at radius 3 is 2.50 bits per heavy atom. The van der Waals surface area contributed by atoms with Crippen LogP contribution in [0.1, 0.15) is 19.4 Å². The number of rotatable bonds is 5. The highest BCUT2D eigenvalue weighted by molar-refractivity contribution is 7.99. The predicted octanol–water partition coefficient (Wildman–Crippen LogP) is 4.61. The van der Waals surface area contributed by atoms with Crippen LogP contribution in [0.15, 0.2) is 59.8 Å². The number of nitrogens with zero attached hydrogens (tertiary/aromatic N) is 3. The molecule has 3 nitrogen and oxygen atoms in total. The topological polar surface area (TPSA) is 30.7 Å². The molecule has 3 rings (SSSR count). The Labute approximate surface area is 135 Å². The number of hydrogen-bond acceptors (Lipinski definition) is 3. The highest BCUT2D eigenvalue weighted by Gasteiger charge is 2.15. The van der Waals surface area contributed by atoms with Gasteiger partial charge in [-0.3, -0.25) is 4.57 Å². The van der Waals surface area contributed by atoms with E-state index in [2.05, 4.69) is 65.0 Å². The first kappa shape index (κ1) is 14.9. The zero-order valence-corrected chi connectivity index (χ0v) is 13.7. The van der Waals surface area contributed by atoms with Crippen molar-refractivity contribution < 1.29 is 0 Å². The zero-order valence-electron chi connectivity index (χ0n) is 12.9. The van der Waals surface area contributed by atoms with E-state index in [0.717, 1.165) is 34.4 Å². The molecule has 3 aromatic rings. The van der Waals surface area contributed by atoms with Crippen molar-refractivity contribution in [3.63, 3.8) is 0 Å². The minimum atomic E-state index is 0.900. The van der Waals surface area contributed by atoms with E-state index in [0.29, 0.717) is 0 Å². The van der Waals surface area contributed by atoms with Crippen LogP contribution in [0, 0.1) is 0 Å². The van der Waals surface area contributed by atoms with Crippen molar-refractivity contribution in [2.75, 3.05) is 5.75 Å². The van der Waals surface area contributed by atoms with Gasteiger partial charge < -0.3 is 0 Å². The number of para-hydroxylation sites is 1. The SMILES string of the molecule is CCSc1nnc(-c2cccc(CC)c2)n1-c1ccccc1. The Balaban J connectivity index is 2.15. The Hall–Kier alpha value is -2.07. The van der Waals surface area contributed by atoms with Crippen LogP contribution in [-0.2, 0) is 6.42 Å². The van der Waals surface area contributed by atoms with E-state index in [1.165, 1.54) is 5.56 Å². The first-order valence-electron chi connectivity index (χ1n) is 7.56. The van der Waals surface area contributed by atoms with Crippen LogP contribution in [0.4, 0.5) is 0 Å². The van der Waals surface area contributed by atoms with Crippen molar-refractivity contribution in [3.05, 3.63) is 60.2 Å². The largest absolute Gasteiger partial charge is 0.270 e. The number of aromatic nitrogens is 3. The molecule has 0 radical (unpaired) electrons. The molecular weight excluding hydrogens is 290 g/mol. The first-order valence-corrected chi connectivity index (χ1v) is 8.55. The summed E-state index contributed by atoms with van der Waals surface area (Å²) < 4.78 is 2.14. The molecule has 2 aromatic carbocycles. The van der Waals surface area contributed by atoms with E-state index in [4.69, 9.17) is 0 Å². The van der Waals surface area contributed by atoms with Crippen molar-refractivity contribution in [2.45, 2.75) is 25.4 Å². The van der Waals surface area contributed by atoms with E-state index in [9.17, 15) is 0 Å². The van der Waals surface area contributed by atoms with Gasteiger partial charge in [0, 0.05) is 11.3 Å². The molecule has 0 atom stereocenters. The fourth-order valence-electron chi connectivity index (χ4n) is 2.42. The van der Waals surface area contributed by atoms with Gasteiger partial charge in [0.25, 0.3) is 0 Å². The van der Waals surface area contributed by atoms with Gasteiger partial charge in [0.1, 0.15) is 0 Å². The third-order valence-corrected chi connectivity index (χ3v) is 4.33. The monoisotopic (exact) mass is 309 g/mol. The second-order valence-corrected chi connectivity index (χ2v) is 6.20. The lowest BCUT2D eigenvalue weighted by molar-refractivity contribution is 0.887. The van der Waals surface area contributed by atoms with Crippen molar-refractivity contribution in [2.24, 2.45) is 0 Å². The molecular formula is C18H19N3S. The number of benzene rings is 2. The van der Waals surface area contributed by atoms with Crippen molar-refractivity contribution >= 4 is 11.8 Å². The van der Waals surface area contributed by atoms with Crippen molar-refractivity contribution in [1.82, 2.24) is 14.8 Å². The van der Waals surface area contributed by atoms with Crippen LogP contribution >= 0.6 is 11.8 Å².